The molecular weight excluding hydrogens is 212 g/mol. The number of piperazine rings is 1. The SMILES string of the molecule is C=C(C)/C=C\C(=C)OCCC[C@@H]1CNCCN1. The second-order valence-electron chi connectivity index (χ2n) is 4.49. The van der Waals surface area contributed by atoms with Crippen molar-refractivity contribution in [1.29, 1.82) is 0 Å². The van der Waals surface area contributed by atoms with Crippen molar-refractivity contribution in [1.82, 2.24) is 10.6 Å². The number of rotatable bonds is 7. The molecule has 0 bridgehead atoms. The molecule has 0 aromatic rings. The molecule has 1 fully saturated rings. The van der Waals surface area contributed by atoms with E-state index in [-0.39, 0.29) is 0 Å². The molecule has 1 saturated heterocycles. The molecule has 96 valence electrons. The van der Waals surface area contributed by atoms with E-state index in [2.05, 4.69) is 23.8 Å². The third-order valence-corrected chi connectivity index (χ3v) is 2.66. The van der Waals surface area contributed by atoms with Crippen LogP contribution in [0, 0.1) is 0 Å². The van der Waals surface area contributed by atoms with Crippen molar-refractivity contribution in [2.45, 2.75) is 25.8 Å². The number of hydrogen-bond acceptors (Lipinski definition) is 3. The molecule has 0 radical (unpaired) electrons. The third kappa shape index (κ3) is 6.97. The lowest BCUT2D eigenvalue weighted by atomic mass is 10.1. The molecule has 1 rings (SSSR count). The third-order valence-electron chi connectivity index (χ3n) is 2.66. The van der Waals surface area contributed by atoms with Crippen LogP contribution in [0.2, 0.25) is 0 Å². The highest BCUT2D eigenvalue weighted by Crippen LogP contribution is 2.04. The maximum atomic E-state index is 5.51. The predicted molar refractivity (Wildman–Crippen MR) is 72.9 cm³/mol. The average Bonchev–Trinajstić information content (AvgIpc) is 2.33. The lowest BCUT2D eigenvalue weighted by Gasteiger charge is -2.24. The van der Waals surface area contributed by atoms with Crippen LogP contribution in [0.3, 0.4) is 0 Å². The van der Waals surface area contributed by atoms with Gasteiger partial charge in [0.1, 0.15) is 5.76 Å². The van der Waals surface area contributed by atoms with E-state index >= 15 is 0 Å². The van der Waals surface area contributed by atoms with Crippen LogP contribution in [-0.2, 0) is 4.74 Å². The summed E-state index contributed by atoms with van der Waals surface area (Å²) in [6.45, 7) is 13.5. The van der Waals surface area contributed by atoms with Crippen molar-refractivity contribution in [3.63, 3.8) is 0 Å². The first kappa shape index (κ1) is 14.0. The van der Waals surface area contributed by atoms with Crippen molar-refractivity contribution >= 4 is 0 Å². The van der Waals surface area contributed by atoms with Crippen LogP contribution in [0.1, 0.15) is 19.8 Å². The fourth-order valence-electron chi connectivity index (χ4n) is 1.73. The maximum Gasteiger partial charge on any atom is 0.112 e. The molecule has 2 N–H and O–H groups in total. The first-order valence-corrected chi connectivity index (χ1v) is 6.28. The summed E-state index contributed by atoms with van der Waals surface area (Å²) in [5.41, 5.74) is 1.01. The van der Waals surface area contributed by atoms with Gasteiger partial charge in [0.25, 0.3) is 0 Å². The van der Waals surface area contributed by atoms with Gasteiger partial charge in [0.2, 0.25) is 0 Å². The Morgan fingerprint density at radius 2 is 2.18 bits per heavy atom. The van der Waals surface area contributed by atoms with Gasteiger partial charge in [-0.05, 0) is 25.8 Å². The lowest BCUT2D eigenvalue weighted by Crippen LogP contribution is -2.48. The van der Waals surface area contributed by atoms with Gasteiger partial charge in [0.05, 0.1) is 6.61 Å². The van der Waals surface area contributed by atoms with E-state index in [1.165, 1.54) is 0 Å². The molecule has 0 spiro atoms. The molecule has 0 amide bonds. The van der Waals surface area contributed by atoms with Crippen LogP contribution in [0.4, 0.5) is 0 Å². The van der Waals surface area contributed by atoms with E-state index in [1.54, 1.807) is 0 Å². The van der Waals surface area contributed by atoms with Gasteiger partial charge in [0, 0.05) is 25.7 Å². The average molecular weight is 236 g/mol. The van der Waals surface area contributed by atoms with E-state index in [4.69, 9.17) is 4.74 Å². The van der Waals surface area contributed by atoms with Crippen LogP contribution < -0.4 is 10.6 Å². The summed E-state index contributed by atoms with van der Waals surface area (Å²) >= 11 is 0. The molecular formula is C14H24N2O. The minimum atomic E-state index is 0.589. The summed E-state index contributed by atoms with van der Waals surface area (Å²) in [5, 5.41) is 6.86. The first-order valence-electron chi connectivity index (χ1n) is 6.28. The molecule has 0 saturated carbocycles. The lowest BCUT2D eigenvalue weighted by molar-refractivity contribution is 0.212. The Balaban J connectivity index is 2.03. The quantitative estimate of drug-likeness (QED) is 0.403. The number of allylic oxidation sites excluding steroid dienone is 3. The van der Waals surface area contributed by atoms with Gasteiger partial charge in [-0.3, -0.25) is 0 Å². The summed E-state index contributed by atoms with van der Waals surface area (Å²) in [6, 6.07) is 0.589. The van der Waals surface area contributed by atoms with Crippen LogP contribution in [0.5, 0.6) is 0 Å². The topological polar surface area (TPSA) is 33.3 Å². The molecule has 0 aromatic heterocycles. The van der Waals surface area contributed by atoms with Gasteiger partial charge >= 0.3 is 0 Å². The van der Waals surface area contributed by atoms with E-state index in [0.717, 1.165) is 44.7 Å². The van der Waals surface area contributed by atoms with Crippen molar-refractivity contribution in [2.75, 3.05) is 26.2 Å². The fraction of sp³-hybridized carbons (Fsp3) is 0.571. The van der Waals surface area contributed by atoms with Crippen molar-refractivity contribution in [3.8, 4) is 0 Å². The molecule has 0 aliphatic carbocycles. The predicted octanol–water partition coefficient (Wildman–Crippen LogP) is 1.99. The zero-order valence-corrected chi connectivity index (χ0v) is 10.8. The molecule has 1 atom stereocenters. The number of ether oxygens (including phenoxy) is 1. The van der Waals surface area contributed by atoms with Gasteiger partial charge in [0.15, 0.2) is 0 Å². The summed E-state index contributed by atoms with van der Waals surface area (Å²) in [6.07, 6.45) is 5.97. The monoisotopic (exact) mass is 236 g/mol. The number of hydrogen-bond donors (Lipinski definition) is 2. The standard InChI is InChI=1S/C14H24N2O/c1-12(2)6-7-13(3)17-10-4-5-14-11-15-8-9-16-14/h6-7,14-16H,1,3-5,8-11H2,2H3/b7-6-/t14-/m1/s1. The van der Waals surface area contributed by atoms with Crippen LogP contribution in [0.15, 0.2) is 36.6 Å². The van der Waals surface area contributed by atoms with E-state index in [0.29, 0.717) is 11.8 Å². The van der Waals surface area contributed by atoms with Gasteiger partial charge in [-0.25, -0.2) is 0 Å². The molecule has 1 heterocycles. The normalized spacial score (nSPS) is 20.4. The van der Waals surface area contributed by atoms with Crippen molar-refractivity contribution < 1.29 is 4.74 Å². The Kier molecular flexibility index (Phi) is 6.67. The Morgan fingerprint density at radius 3 is 2.82 bits per heavy atom. The van der Waals surface area contributed by atoms with Crippen LogP contribution in [-0.4, -0.2) is 32.3 Å². The summed E-state index contributed by atoms with van der Waals surface area (Å²) in [7, 11) is 0. The van der Waals surface area contributed by atoms with E-state index < -0.39 is 0 Å². The molecule has 17 heavy (non-hydrogen) atoms. The second-order valence-corrected chi connectivity index (χ2v) is 4.49. The first-order chi connectivity index (χ1) is 8.18. The van der Waals surface area contributed by atoms with Gasteiger partial charge in [-0.2, -0.15) is 0 Å². The highest BCUT2D eigenvalue weighted by atomic mass is 16.5. The summed E-state index contributed by atoms with van der Waals surface area (Å²) in [4.78, 5) is 0. The van der Waals surface area contributed by atoms with Crippen LogP contribution in [0.25, 0.3) is 0 Å². The summed E-state index contributed by atoms with van der Waals surface area (Å²) < 4.78 is 5.51. The fourth-order valence-corrected chi connectivity index (χ4v) is 1.73. The molecule has 1 aliphatic rings. The molecule has 3 nitrogen and oxygen atoms in total. The number of nitrogens with one attached hydrogen (secondary N) is 2. The van der Waals surface area contributed by atoms with Gasteiger partial charge in [-0.15, -0.1) is 0 Å². The smallest absolute Gasteiger partial charge is 0.112 e. The zero-order valence-electron chi connectivity index (χ0n) is 10.8. The maximum absolute atomic E-state index is 5.51. The minimum absolute atomic E-state index is 0.589. The Labute approximate surface area is 105 Å². The Hall–Kier alpha value is -1.06. The van der Waals surface area contributed by atoms with Crippen LogP contribution >= 0.6 is 0 Å². The van der Waals surface area contributed by atoms with Crippen molar-refractivity contribution in [3.05, 3.63) is 36.6 Å². The highest BCUT2D eigenvalue weighted by Gasteiger charge is 2.10. The van der Waals surface area contributed by atoms with Gasteiger partial charge in [-0.1, -0.05) is 24.8 Å². The Morgan fingerprint density at radius 1 is 1.35 bits per heavy atom. The Bertz CT molecular complexity index is 278. The highest BCUT2D eigenvalue weighted by molar-refractivity contribution is 5.19. The second kappa shape index (κ2) is 8.09. The van der Waals surface area contributed by atoms with E-state index in [9.17, 15) is 0 Å². The molecule has 1 aliphatic heterocycles. The summed E-state index contributed by atoms with van der Waals surface area (Å²) in [5.74, 6) is 0.711. The molecule has 3 heteroatoms. The van der Waals surface area contributed by atoms with Gasteiger partial charge < -0.3 is 15.4 Å². The zero-order chi connectivity index (χ0) is 12.5. The molecule has 0 unspecified atom stereocenters. The van der Waals surface area contributed by atoms with Crippen molar-refractivity contribution in [2.24, 2.45) is 0 Å². The van der Waals surface area contributed by atoms with E-state index in [1.807, 2.05) is 19.1 Å². The minimum Gasteiger partial charge on any atom is -0.494 e. The molecule has 0 aromatic carbocycles. The largest absolute Gasteiger partial charge is 0.494 e.